The van der Waals surface area contributed by atoms with E-state index < -0.39 is 0 Å². The minimum atomic E-state index is 0.882. The SMILES string of the molecule is C[n+]1c2n(c3cc4cccnn4c31)Cc1cnccc1-2. The van der Waals surface area contributed by atoms with Gasteiger partial charge in [-0.1, -0.05) is 0 Å². The van der Waals surface area contributed by atoms with Gasteiger partial charge >= 0.3 is 0 Å². The Labute approximate surface area is 114 Å². The van der Waals surface area contributed by atoms with Crippen LogP contribution in [0.3, 0.4) is 0 Å². The van der Waals surface area contributed by atoms with Crippen LogP contribution in [0.2, 0.25) is 0 Å². The van der Waals surface area contributed by atoms with Gasteiger partial charge in [0, 0.05) is 24.0 Å². The molecule has 1 aliphatic heterocycles. The number of hydrogen-bond acceptors (Lipinski definition) is 2. The van der Waals surface area contributed by atoms with Crippen molar-refractivity contribution in [3.05, 3.63) is 48.4 Å². The van der Waals surface area contributed by atoms with Gasteiger partial charge in [0.25, 0.3) is 5.65 Å². The lowest BCUT2D eigenvalue weighted by Gasteiger charge is -1.96. The number of imidazole rings is 1. The van der Waals surface area contributed by atoms with Gasteiger partial charge < -0.3 is 0 Å². The minimum absolute atomic E-state index is 0.882. The van der Waals surface area contributed by atoms with E-state index in [1.54, 1.807) is 0 Å². The number of aromatic nitrogens is 5. The second-order valence-electron chi connectivity index (χ2n) is 5.22. The second kappa shape index (κ2) is 3.25. The van der Waals surface area contributed by atoms with Crippen molar-refractivity contribution in [1.82, 2.24) is 19.2 Å². The van der Waals surface area contributed by atoms with Crippen LogP contribution in [0.4, 0.5) is 0 Å². The quantitative estimate of drug-likeness (QED) is 0.397. The van der Waals surface area contributed by atoms with E-state index in [2.05, 4.69) is 44.5 Å². The summed E-state index contributed by atoms with van der Waals surface area (Å²) in [5.41, 5.74) is 6.03. The van der Waals surface area contributed by atoms with Crippen molar-refractivity contribution in [2.24, 2.45) is 7.05 Å². The first-order valence-corrected chi connectivity index (χ1v) is 6.63. The van der Waals surface area contributed by atoms with Gasteiger partial charge in [0.15, 0.2) is 5.52 Å². The summed E-state index contributed by atoms with van der Waals surface area (Å²) in [6, 6.07) is 8.35. The molecule has 5 rings (SSSR count). The Balaban J connectivity index is 1.98. The molecule has 0 aliphatic carbocycles. The molecule has 5 nitrogen and oxygen atoms in total. The Morgan fingerprint density at radius 2 is 2.20 bits per heavy atom. The zero-order chi connectivity index (χ0) is 13.3. The van der Waals surface area contributed by atoms with Crippen molar-refractivity contribution in [3.8, 4) is 11.4 Å². The number of pyridine rings is 1. The standard InChI is InChI=1S/C15H12N5/c1-18-14-12-4-6-16-8-10(12)9-19(14)13-7-11-3-2-5-17-20(11)15(13)18/h2-8H,9H2,1H3/q+1. The molecule has 0 bridgehead atoms. The number of fused-ring (bicyclic) bond motifs is 7. The van der Waals surface area contributed by atoms with E-state index in [4.69, 9.17) is 0 Å². The lowest BCUT2D eigenvalue weighted by molar-refractivity contribution is -0.636. The van der Waals surface area contributed by atoms with Crippen LogP contribution >= 0.6 is 0 Å². The third kappa shape index (κ3) is 1.02. The summed E-state index contributed by atoms with van der Waals surface area (Å²) in [6.07, 6.45) is 5.64. The third-order valence-corrected chi connectivity index (χ3v) is 4.15. The predicted molar refractivity (Wildman–Crippen MR) is 74.2 cm³/mol. The average Bonchev–Trinajstić information content (AvgIpc) is 3.10. The molecule has 4 aromatic heterocycles. The molecule has 0 atom stereocenters. The van der Waals surface area contributed by atoms with Crippen molar-refractivity contribution >= 4 is 16.7 Å². The van der Waals surface area contributed by atoms with Crippen molar-refractivity contribution in [2.75, 3.05) is 0 Å². The molecule has 0 amide bonds. The molecule has 0 aromatic carbocycles. The molecule has 0 fully saturated rings. The highest BCUT2D eigenvalue weighted by Gasteiger charge is 2.32. The first-order chi connectivity index (χ1) is 9.84. The minimum Gasteiger partial charge on any atom is -0.264 e. The first kappa shape index (κ1) is 10.1. The Hall–Kier alpha value is -2.69. The van der Waals surface area contributed by atoms with Crippen LogP contribution in [0.1, 0.15) is 5.56 Å². The van der Waals surface area contributed by atoms with Crippen molar-refractivity contribution in [1.29, 1.82) is 0 Å². The van der Waals surface area contributed by atoms with Crippen LogP contribution < -0.4 is 4.57 Å². The van der Waals surface area contributed by atoms with Crippen LogP contribution in [0.5, 0.6) is 0 Å². The van der Waals surface area contributed by atoms with E-state index in [0.29, 0.717) is 0 Å². The van der Waals surface area contributed by atoms with E-state index in [-0.39, 0.29) is 0 Å². The summed E-state index contributed by atoms with van der Waals surface area (Å²) in [4.78, 5) is 4.23. The van der Waals surface area contributed by atoms with Gasteiger partial charge in [-0.15, -0.1) is 9.61 Å². The summed E-state index contributed by atoms with van der Waals surface area (Å²) in [7, 11) is 2.10. The molecule has 96 valence electrons. The third-order valence-electron chi connectivity index (χ3n) is 4.15. The highest BCUT2D eigenvalue weighted by Crippen LogP contribution is 2.33. The fourth-order valence-corrected chi connectivity index (χ4v) is 3.32. The van der Waals surface area contributed by atoms with Gasteiger partial charge in [-0.3, -0.25) is 4.98 Å². The average molecular weight is 262 g/mol. The van der Waals surface area contributed by atoms with Gasteiger partial charge in [0.05, 0.1) is 25.4 Å². The van der Waals surface area contributed by atoms with E-state index in [0.717, 1.165) is 17.7 Å². The summed E-state index contributed by atoms with van der Waals surface area (Å²) in [6.45, 7) is 0.882. The Bertz CT molecular complexity index is 992. The molecule has 4 aromatic rings. The number of rotatable bonds is 0. The molecule has 5 heterocycles. The van der Waals surface area contributed by atoms with Crippen molar-refractivity contribution in [3.63, 3.8) is 0 Å². The Morgan fingerprint density at radius 3 is 3.15 bits per heavy atom. The van der Waals surface area contributed by atoms with Gasteiger partial charge in [-0.2, -0.15) is 0 Å². The largest absolute Gasteiger partial charge is 0.292 e. The fourth-order valence-electron chi connectivity index (χ4n) is 3.32. The van der Waals surface area contributed by atoms with E-state index in [9.17, 15) is 0 Å². The molecule has 20 heavy (non-hydrogen) atoms. The maximum absolute atomic E-state index is 4.47. The maximum Gasteiger partial charge on any atom is 0.292 e. The molecular formula is C15H12N5+. The fraction of sp³-hybridized carbons (Fsp3) is 0.133. The monoisotopic (exact) mass is 262 g/mol. The normalized spacial score (nSPS) is 13.1. The summed E-state index contributed by atoms with van der Waals surface area (Å²) in [5.74, 6) is 1.23. The molecule has 0 N–H and O–H groups in total. The zero-order valence-electron chi connectivity index (χ0n) is 11.0. The molecule has 0 saturated carbocycles. The van der Waals surface area contributed by atoms with Gasteiger partial charge in [-0.05, 0) is 18.2 Å². The van der Waals surface area contributed by atoms with E-state index in [1.807, 2.05) is 29.2 Å². The first-order valence-electron chi connectivity index (χ1n) is 6.63. The summed E-state index contributed by atoms with van der Waals surface area (Å²) in [5, 5.41) is 4.47. The molecule has 1 aliphatic rings. The Morgan fingerprint density at radius 1 is 1.25 bits per heavy atom. The van der Waals surface area contributed by atoms with Gasteiger partial charge in [-0.25, -0.2) is 9.13 Å². The zero-order valence-corrected chi connectivity index (χ0v) is 11.0. The van der Waals surface area contributed by atoms with Crippen LogP contribution in [-0.2, 0) is 13.6 Å². The van der Waals surface area contributed by atoms with E-state index >= 15 is 0 Å². The molecule has 5 heteroatoms. The number of aryl methyl sites for hydroxylation is 1. The van der Waals surface area contributed by atoms with Crippen LogP contribution in [-0.4, -0.2) is 19.2 Å². The van der Waals surface area contributed by atoms with Crippen LogP contribution in [0, 0.1) is 0 Å². The van der Waals surface area contributed by atoms with E-state index in [1.165, 1.54) is 22.5 Å². The van der Waals surface area contributed by atoms with Crippen molar-refractivity contribution < 1.29 is 4.57 Å². The lowest BCUT2D eigenvalue weighted by Crippen LogP contribution is -2.31. The number of nitrogens with zero attached hydrogens (tertiary/aromatic N) is 5. The molecule has 0 saturated heterocycles. The highest BCUT2D eigenvalue weighted by molar-refractivity contribution is 5.83. The lowest BCUT2D eigenvalue weighted by atomic mass is 10.2. The van der Waals surface area contributed by atoms with Gasteiger partial charge in [0.2, 0.25) is 5.82 Å². The van der Waals surface area contributed by atoms with Crippen molar-refractivity contribution in [2.45, 2.75) is 6.54 Å². The molecule has 0 spiro atoms. The maximum atomic E-state index is 4.47. The summed E-state index contributed by atoms with van der Waals surface area (Å²) >= 11 is 0. The molecule has 0 radical (unpaired) electrons. The molecular weight excluding hydrogens is 250 g/mol. The Kier molecular flexibility index (Phi) is 1.65. The summed E-state index contributed by atoms with van der Waals surface area (Å²) < 4.78 is 6.57. The topological polar surface area (TPSA) is 39.0 Å². The second-order valence-corrected chi connectivity index (χ2v) is 5.22. The van der Waals surface area contributed by atoms with Crippen LogP contribution in [0.15, 0.2) is 42.9 Å². The number of hydrogen-bond donors (Lipinski definition) is 0. The van der Waals surface area contributed by atoms with Gasteiger partial charge in [0.1, 0.15) is 5.52 Å². The molecule has 0 unspecified atom stereocenters. The highest BCUT2D eigenvalue weighted by atomic mass is 15.3. The van der Waals surface area contributed by atoms with Crippen LogP contribution in [0.25, 0.3) is 28.1 Å². The predicted octanol–water partition coefficient (Wildman–Crippen LogP) is 1.54. The smallest absolute Gasteiger partial charge is 0.264 e.